The molecule has 1 aromatic heterocycles. The fourth-order valence-electron chi connectivity index (χ4n) is 3.27. The molecule has 0 bridgehead atoms. The Morgan fingerprint density at radius 2 is 1.79 bits per heavy atom. The van der Waals surface area contributed by atoms with Gasteiger partial charge in [0, 0.05) is 53.9 Å². The smallest absolute Gasteiger partial charge is 0.385 e. The number of benzene rings is 1. The van der Waals surface area contributed by atoms with Crippen LogP contribution in [-0.2, 0) is 0 Å². The van der Waals surface area contributed by atoms with Crippen molar-refractivity contribution in [1.29, 1.82) is 0 Å². The van der Waals surface area contributed by atoms with Gasteiger partial charge in [0.2, 0.25) is 0 Å². The summed E-state index contributed by atoms with van der Waals surface area (Å²) in [4.78, 5) is 29.3. The van der Waals surface area contributed by atoms with Crippen LogP contribution in [0.4, 0.5) is 18.9 Å². The fraction of sp³-hybridized carbons (Fsp3) is 0.458. The molecule has 0 radical (unpaired) electrons. The summed E-state index contributed by atoms with van der Waals surface area (Å²) in [5, 5.41) is 7.84. The predicted octanol–water partition coefficient (Wildman–Crippen LogP) is 4.18. The van der Waals surface area contributed by atoms with Gasteiger partial charge in [-0.25, -0.2) is 0 Å². The topological polar surface area (TPSA) is 109 Å². The van der Waals surface area contributed by atoms with Crippen molar-refractivity contribution < 1.29 is 22.8 Å². The molecule has 5 N–H and O–H groups in total. The minimum atomic E-state index is -4.73. The van der Waals surface area contributed by atoms with Gasteiger partial charge >= 0.3 is 6.18 Å². The third kappa shape index (κ3) is 8.33. The van der Waals surface area contributed by atoms with E-state index < -0.39 is 24.0 Å². The van der Waals surface area contributed by atoms with Crippen LogP contribution in [-0.4, -0.2) is 42.1 Å². The van der Waals surface area contributed by atoms with Crippen molar-refractivity contribution in [2.75, 3.05) is 18.4 Å². The largest absolute Gasteiger partial charge is 0.412 e. The Morgan fingerprint density at radius 1 is 1.09 bits per heavy atom. The molecule has 186 valence electrons. The number of aromatic nitrogens is 1. The SMILES string of the molecule is CCCC[C@H](N)CNC(=O)c1cc(NCCC)cc(C(=O)NC(c2cccnc2)C(F)(F)F)c1. The molecule has 0 aliphatic heterocycles. The van der Waals surface area contributed by atoms with E-state index in [2.05, 4.69) is 15.6 Å². The lowest BCUT2D eigenvalue weighted by atomic mass is 10.0. The number of rotatable bonds is 12. The summed E-state index contributed by atoms with van der Waals surface area (Å²) in [5.41, 5.74) is 6.36. The fourth-order valence-corrected chi connectivity index (χ4v) is 3.27. The third-order valence-corrected chi connectivity index (χ3v) is 5.11. The van der Waals surface area contributed by atoms with Gasteiger partial charge < -0.3 is 21.7 Å². The van der Waals surface area contributed by atoms with Crippen molar-refractivity contribution in [1.82, 2.24) is 15.6 Å². The van der Waals surface area contributed by atoms with Crippen LogP contribution in [0, 0.1) is 0 Å². The number of alkyl halides is 3. The van der Waals surface area contributed by atoms with E-state index in [9.17, 15) is 22.8 Å². The van der Waals surface area contributed by atoms with Gasteiger partial charge in [-0.2, -0.15) is 13.2 Å². The summed E-state index contributed by atoms with van der Waals surface area (Å²) < 4.78 is 41.0. The molecule has 10 heteroatoms. The Morgan fingerprint density at radius 3 is 2.38 bits per heavy atom. The monoisotopic (exact) mass is 479 g/mol. The zero-order valence-corrected chi connectivity index (χ0v) is 19.4. The van der Waals surface area contributed by atoms with E-state index in [0.29, 0.717) is 12.2 Å². The normalized spacial score (nSPS) is 13.1. The van der Waals surface area contributed by atoms with Crippen LogP contribution in [0.25, 0.3) is 0 Å². The molecule has 2 amide bonds. The van der Waals surface area contributed by atoms with E-state index in [1.54, 1.807) is 6.07 Å². The highest BCUT2D eigenvalue weighted by Crippen LogP contribution is 2.32. The van der Waals surface area contributed by atoms with Gasteiger partial charge in [0.1, 0.15) is 0 Å². The molecule has 2 rings (SSSR count). The van der Waals surface area contributed by atoms with Crippen molar-refractivity contribution in [2.24, 2.45) is 5.73 Å². The zero-order valence-electron chi connectivity index (χ0n) is 19.4. The second kappa shape index (κ2) is 12.9. The number of amides is 2. The number of carbonyl (C=O) groups excluding carboxylic acids is 2. The summed E-state index contributed by atoms with van der Waals surface area (Å²) >= 11 is 0. The number of nitrogens with one attached hydrogen (secondary N) is 3. The zero-order chi connectivity index (χ0) is 25.1. The minimum Gasteiger partial charge on any atom is -0.385 e. The lowest BCUT2D eigenvalue weighted by Crippen LogP contribution is -2.38. The van der Waals surface area contributed by atoms with Gasteiger partial charge in [-0.1, -0.05) is 32.8 Å². The van der Waals surface area contributed by atoms with Crippen LogP contribution >= 0.6 is 0 Å². The molecular weight excluding hydrogens is 447 g/mol. The number of halogens is 3. The molecule has 2 atom stereocenters. The van der Waals surface area contributed by atoms with E-state index in [1.165, 1.54) is 30.5 Å². The predicted molar refractivity (Wildman–Crippen MR) is 126 cm³/mol. The highest BCUT2D eigenvalue weighted by molar-refractivity contribution is 6.01. The molecule has 2 aromatic rings. The Bertz CT molecular complexity index is 938. The van der Waals surface area contributed by atoms with Gasteiger partial charge in [0.25, 0.3) is 11.8 Å². The number of hydrogen-bond acceptors (Lipinski definition) is 5. The van der Waals surface area contributed by atoms with Crippen molar-refractivity contribution in [2.45, 2.75) is 57.8 Å². The van der Waals surface area contributed by atoms with Gasteiger partial charge in [-0.3, -0.25) is 14.6 Å². The van der Waals surface area contributed by atoms with E-state index >= 15 is 0 Å². The quantitative estimate of drug-likeness (QED) is 0.365. The molecule has 7 nitrogen and oxygen atoms in total. The maximum Gasteiger partial charge on any atom is 0.412 e. The molecule has 0 saturated carbocycles. The molecule has 1 aromatic carbocycles. The van der Waals surface area contributed by atoms with Crippen molar-refractivity contribution in [3.05, 3.63) is 59.4 Å². The van der Waals surface area contributed by atoms with Crippen LogP contribution in [0.5, 0.6) is 0 Å². The summed E-state index contributed by atoms with van der Waals surface area (Å²) in [7, 11) is 0. The minimum absolute atomic E-state index is 0.0697. The Kier molecular flexibility index (Phi) is 10.3. The van der Waals surface area contributed by atoms with Gasteiger partial charge in [0.15, 0.2) is 6.04 Å². The molecule has 1 unspecified atom stereocenters. The number of nitrogens with zero attached hydrogens (tertiary/aromatic N) is 1. The average Bonchev–Trinajstić information content (AvgIpc) is 2.82. The maximum absolute atomic E-state index is 13.7. The highest BCUT2D eigenvalue weighted by atomic mass is 19.4. The summed E-state index contributed by atoms with van der Waals surface area (Å²) in [6.45, 7) is 4.81. The van der Waals surface area contributed by atoms with Crippen molar-refractivity contribution in [3.8, 4) is 0 Å². The van der Waals surface area contributed by atoms with E-state index in [0.717, 1.165) is 31.9 Å². The van der Waals surface area contributed by atoms with Crippen LogP contribution in [0.3, 0.4) is 0 Å². The van der Waals surface area contributed by atoms with Crippen molar-refractivity contribution >= 4 is 17.5 Å². The molecule has 1 heterocycles. The third-order valence-electron chi connectivity index (χ3n) is 5.11. The second-order valence-corrected chi connectivity index (χ2v) is 8.07. The van der Waals surface area contributed by atoms with E-state index in [1.807, 2.05) is 19.2 Å². The first-order chi connectivity index (χ1) is 16.2. The van der Waals surface area contributed by atoms with Crippen LogP contribution < -0.4 is 21.7 Å². The number of anilines is 1. The Labute approximate surface area is 197 Å². The van der Waals surface area contributed by atoms with Gasteiger partial charge in [0.05, 0.1) is 0 Å². The molecule has 0 fully saturated rings. The molecule has 0 aliphatic rings. The standard InChI is InChI=1S/C24H32F3N5O2/c1-3-5-8-19(28)15-31-22(33)17-11-18(13-20(12-17)30-9-4-2)23(34)32-21(24(25,26)27)16-7-6-10-29-14-16/h6-7,10-14,19,21,30H,3-5,8-9,15,28H2,1-2H3,(H,31,33)(H,32,34)/t19-,21?/m0/s1. The van der Waals surface area contributed by atoms with Crippen molar-refractivity contribution in [3.63, 3.8) is 0 Å². The lowest BCUT2D eigenvalue weighted by Gasteiger charge is -2.22. The highest BCUT2D eigenvalue weighted by Gasteiger charge is 2.42. The average molecular weight is 480 g/mol. The molecule has 34 heavy (non-hydrogen) atoms. The number of nitrogens with two attached hydrogens (primary N) is 1. The molecule has 0 saturated heterocycles. The molecule has 0 spiro atoms. The number of carbonyl (C=O) groups is 2. The number of pyridine rings is 1. The number of unbranched alkanes of at least 4 members (excludes halogenated alkanes) is 1. The van der Waals surface area contributed by atoms with Gasteiger partial charge in [-0.15, -0.1) is 0 Å². The summed E-state index contributed by atoms with van der Waals surface area (Å²) in [6, 6.07) is 4.41. The summed E-state index contributed by atoms with van der Waals surface area (Å²) in [5.74, 6) is -1.42. The first-order valence-electron chi connectivity index (χ1n) is 11.4. The van der Waals surface area contributed by atoms with Crippen LogP contribution in [0.1, 0.15) is 71.9 Å². The number of hydrogen-bond donors (Lipinski definition) is 4. The summed E-state index contributed by atoms with van der Waals surface area (Å²) in [6.07, 6.45) is 1.14. The van der Waals surface area contributed by atoms with Crippen LogP contribution in [0.2, 0.25) is 0 Å². The van der Waals surface area contributed by atoms with Crippen LogP contribution in [0.15, 0.2) is 42.7 Å². The molecule has 0 aliphatic carbocycles. The molecular formula is C24H32F3N5O2. The first kappa shape index (κ1) is 27.1. The second-order valence-electron chi connectivity index (χ2n) is 8.07. The van der Waals surface area contributed by atoms with E-state index in [4.69, 9.17) is 5.73 Å². The van der Waals surface area contributed by atoms with Gasteiger partial charge in [-0.05, 0) is 37.1 Å². The Balaban J connectivity index is 2.26. The Hall–Kier alpha value is -3.14. The maximum atomic E-state index is 13.7. The van der Waals surface area contributed by atoms with E-state index in [-0.39, 0.29) is 29.3 Å². The first-order valence-corrected chi connectivity index (χ1v) is 11.4. The lowest BCUT2D eigenvalue weighted by molar-refractivity contribution is -0.155.